The van der Waals surface area contributed by atoms with Crippen molar-refractivity contribution in [2.24, 2.45) is 0 Å². The van der Waals surface area contributed by atoms with Crippen LogP contribution in [-0.2, 0) is 0 Å². The highest BCUT2D eigenvalue weighted by molar-refractivity contribution is 5.64. The minimum atomic E-state index is -0.818. The summed E-state index contributed by atoms with van der Waals surface area (Å²) in [5.74, 6) is 0. The van der Waals surface area contributed by atoms with Gasteiger partial charge in [0.2, 0.25) is 0 Å². The van der Waals surface area contributed by atoms with Crippen molar-refractivity contribution in [1.82, 2.24) is 10.2 Å². The largest absolute Gasteiger partial charge is 0.465 e. The van der Waals surface area contributed by atoms with Gasteiger partial charge < -0.3 is 15.3 Å². The second-order valence-corrected chi connectivity index (χ2v) is 2.67. The number of carboxylic acid groups (broad SMARTS) is 1. The van der Waals surface area contributed by atoms with Crippen LogP contribution in [-0.4, -0.2) is 42.8 Å². The first kappa shape index (κ1) is 11.2. The van der Waals surface area contributed by atoms with E-state index in [-0.39, 0.29) is 0 Å². The summed E-state index contributed by atoms with van der Waals surface area (Å²) in [4.78, 5) is 11.9. The number of amides is 1. The first-order chi connectivity index (χ1) is 5.72. The van der Waals surface area contributed by atoms with Crippen molar-refractivity contribution < 1.29 is 9.90 Å². The van der Waals surface area contributed by atoms with E-state index >= 15 is 0 Å². The van der Waals surface area contributed by atoms with E-state index in [0.29, 0.717) is 13.1 Å². The summed E-state index contributed by atoms with van der Waals surface area (Å²) in [5.41, 5.74) is 0. The van der Waals surface area contributed by atoms with Gasteiger partial charge in [-0.3, -0.25) is 0 Å². The lowest BCUT2D eigenvalue weighted by Gasteiger charge is -2.16. The Hall–Kier alpha value is -0.770. The monoisotopic (exact) mass is 174 g/mol. The molecule has 0 saturated heterocycles. The summed E-state index contributed by atoms with van der Waals surface area (Å²) in [6.45, 7) is 4.03. The second kappa shape index (κ2) is 6.91. The van der Waals surface area contributed by atoms with Crippen LogP contribution in [0.3, 0.4) is 0 Å². The van der Waals surface area contributed by atoms with Crippen molar-refractivity contribution in [1.29, 1.82) is 0 Å². The molecule has 0 bridgehead atoms. The number of hydrogen-bond acceptors (Lipinski definition) is 2. The molecule has 0 aromatic rings. The second-order valence-electron chi connectivity index (χ2n) is 2.67. The molecule has 1 amide bonds. The highest BCUT2D eigenvalue weighted by Gasteiger charge is 2.06. The molecule has 0 atom stereocenters. The van der Waals surface area contributed by atoms with Crippen molar-refractivity contribution in [3.8, 4) is 0 Å². The highest BCUT2D eigenvalue weighted by atomic mass is 16.4. The number of nitrogens with zero attached hydrogens (tertiary/aromatic N) is 1. The molecule has 0 rings (SSSR count). The lowest BCUT2D eigenvalue weighted by Crippen LogP contribution is -2.30. The van der Waals surface area contributed by atoms with Crippen molar-refractivity contribution in [2.45, 2.75) is 19.8 Å². The first-order valence-electron chi connectivity index (χ1n) is 4.34. The molecule has 0 aliphatic rings. The third-order valence-electron chi connectivity index (χ3n) is 1.76. The van der Waals surface area contributed by atoms with E-state index in [0.717, 1.165) is 19.4 Å². The summed E-state index contributed by atoms with van der Waals surface area (Å²) in [6, 6.07) is 0. The van der Waals surface area contributed by atoms with Gasteiger partial charge in [-0.25, -0.2) is 4.79 Å². The predicted octanol–water partition coefficient (Wildman–Crippen LogP) is 0.986. The minimum Gasteiger partial charge on any atom is -0.465 e. The molecule has 4 nitrogen and oxygen atoms in total. The van der Waals surface area contributed by atoms with Crippen LogP contribution in [0.2, 0.25) is 0 Å². The van der Waals surface area contributed by atoms with Gasteiger partial charge in [-0.2, -0.15) is 0 Å². The Bertz CT molecular complexity index is 128. The number of nitrogens with one attached hydrogen (secondary N) is 1. The van der Waals surface area contributed by atoms with Crippen molar-refractivity contribution in [3.63, 3.8) is 0 Å². The molecule has 72 valence electrons. The molecule has 0 heterocycles. The van der Waals surface area contributed by atoms with Crippen LogP contribution in [0.25, 0.3) is 0 Å². The van der Waals surface area contributed by atoms with Gasteiger partial charge in [-0.05, 0) is 33.4 Å². The van der Waals surface area contributed by atoms with E-state index in [1.165, 1.54) is 4.90 Å². The van der Waals surface area contributed by atoms with Gasteiger partial charge in [0, 0.05) is 13.1 Å². The minimum absolute atomic E-state index is 0.578. The van der Waals surface area contributed by atoms with E-state index in [1.54, 1.807) is 0 Å². The molecule has 0 aliphatic carbocycles. The van der Waals surface area contributed by atoms with Crippen LogP contribution >= 0.6 is 0 Å². The Morgan fingerprint density at radius 3 is 2.58 bits per heavy atom. The van der Waals surface area contributed by atoms with Crippen LogP contribution in [0.5, 0.6) is 0 Å². The summed E-state index contributed by atoms with van der Waals surface area (Å²) in [6.07, 6.45) is 1.14. The Morgan fingerprint density at radius 1 is 1.50 bits per heavy atom. The zero-order chi connectivity index (χ0) is 9.40. The maximum atomic E-state index is 10.5. The van der Waals surface area contributed by atoms with Gasteiger partial charge in [0.05, 0.1) is 0 Å². The van der Waals surface area contributed by atoms with Crippen LogP contribution in [0.1, 0.15) is 19.8 Å². The summed E-state index contributed by atoms with van der Waals surface area (Å²) in [5, 5.41) is 11.7. The van der Waals surface area contributed by atoms with Crippen molar-refractivity contribution in [2.75, 3.05) is 26.7 Å². The normalized spacial score (nSPS) is 9.83. The molecular weight excluding hydrogens is 156 g/mol. The first-order valence-corrected chi connectivity index (χ1v) is 4.34. The third kappa shape index (κ3) is 4.96. The van der Waals surface area contributed by atoms with Crippen LogP contribution < -0.4 is 5.32 Å². The van der Waals surface area contributed by atoms with Crippen LogP contribution in [0.15, 0.2) is 0 Å². The van der Waals surface area contributed by atoms with E-state index in [9.17, 15) is 4.79 Å². The molecule has 0 fully saturated rings. The van der Waals surface area contributed by atoms with E-state index in [4.69, 9.17) is 5.11 Å². The summed E-state index contributed by atoms with van der Waals surface area (Å²) >= 11 is 0. The summed E-state index contributed by atoms with van der Waals surface area (Å²) in [7, 11) is 1.90. The third-order valence-corrected chi connectivity index (χ3v) is 1.76. The number of unbranched alkanes of at least 4 members (excludes halogenated alkanes) is 1. The maximum Gasteiger partial charge on any atom is 0.407 e. The Labute approximate surface area is 73.6 Å². The van der Waals surface area contributed by atoms with Gasteiger partial charge in [0.1, 0.15) is 0 Å². The molecule has 0 aromatic heterocycles. The number of carbonyl (C=O) groups is 1. The molecule has 2 N–H and O–H groups in total. The van der Waals surface area contributed by atoms with E-state index in [2.05, 4.69) is 5.32 Å². The maximum absolute atomic E-state index is 10.5. The molecule has 0 aliphatic heterocycles. The van der Waals surface area contributed by atoms with Gasteiger partial charge in [0.15, 0.2) is 0 Å². The standard InChI is InChI=1S/C8H18N2O2/c1-3-10(8(11)12)7-5-4-6-9-2/h9H,3-7H2,1-2H3,(H,11,12). The number of hydrogen-bond donors (Lipinski definition) is 2. The van der Waals surface area contributed by atoms with Gasteiger partial charge in [-0.1, -0.05) is 0 Å². The van der Waals surface area contributed by atoms with Gasteiger partial charge in [0.25, 0.3) is 0 Å². The fourth-order valence-electron chi connectivity index (χ4n) is 0.993. The van der Waals surface area contributed by atoms with Crippen LogP contribution in [0, 0.1) is 0 Å². The zero-order valence-corrected chi connectivity index (χ0v) is 7.84. The lowest BCUT2D eigenvalue weighted by molar-refractivity contribution is 0.147. The topological polar surface area (TPSA) is 52.6 Å². The zero-order valence-electron chi connectivity index (χ0n) is 7.84. The van der Waals surface area contributed by atoms with Crippen LogP contribution in [0.4, 0.5) is 4.79 Å². The fourth-order valence-corrected chi connectivity index (χ4v) is 0.993. The highest BCUT2D eigenvalue weighted by Crippen LogP contribution is 1.94. The smallest absolute Gasteiger partial charge is 0.407 e. The molecule has 4 heteroatoms. The van der Waals surface area contributed by atoms with Gasteiger partial charge >= 0.3 is 6.09 Å². The molecular formula is C8H18N2O2. The quantitative estimate of drug-likeness (QED) is 0.590. The molecule has 0 unspecified atom stereocenters. The fraction of sp³-hybridized carbons (Fsp3) is 0.875. The molecule has 0 saturated carbocycles. The van der Waals surface area contributed by atoms with E-state index in [1.807, 2.05) is 14.0 Å². The van der Waals surface area contributed by atoms with Crippen molar-refractivity contribution >= 4 is 6.09 Å². The molecule has 0 radical (unpaired) electrons. The molecule has 0 spiro atoms. The van der Waals surface area contributed by atoms with Crippen molar-refractivity contribution in [3.05, 3.63) is 0 Å². The Kier molecular flexibility index (Phi) is 6.47. The average molecular weight is 174 g/mol. The predicted molar refractivity (Wildman–Crippen MR) is 48.4 cm³/mol. The van der Waals surface area contributed by atoms with E-state index < -0.39 is 6.09 Å². The molecule has 0 aromatic carbocycles. The van der Waals surface area contributed by atoms with Gasteiger partial charge in [-0.15, -0.1) is 0 Å². The Morgan fingerprint density at radius 2 is 2.17 bits per heavy atom. The number of rotatable bonds is 6. The Balaban J connectivity index is 3.38. The lowest BCUT2D eigenvalue weighted by atomic mass is 10.3. The summed E-state index contributed by atoms with van der Waals surface area (Å²) < 4.78 is 0. The average Bonchev–Trinajstić information content (AvgIpc) is 2.04. The molecule has 12 heavy (non-hydrogen) atoms. The SMILES string of the molecule is CCN(CCCCNC)C(=O)O.